The largest absolute Gasteiger partial charge is 0.0839 e. The first-order chi connectivity index (χ1) is 6.97. The quantitative estimate of drug-likeness (QED) is 0.658. The Morgan fingerprint density at radius 2 is 1.67 bits per heavy atom. The zero-order chi connectivity index (χ0) is 11.3. The van der Waals surface area contributed by atoms with E-state index in [1.54, 1.807) is 0 Å². The van der Waals surface area contributed by atoms with Crippen LogP contribution < -0.4 is 0 Å². The van der Waals surface area contributed by atoms with Crippen LogP contribution in [0.3, 0.4) is 0 Å². The Labute approximate surface area is 94.0 Å². The van der Waals surface area contributed by atoms with Crippen molar-refractivity contribution in [1.82, 2.24) is 0 Å². The van der Waals surface area contributed by atoms with Gasteiger partial charge in [0.1, 0.15) is 0 Å². The van der Waals surface area contributed by atoms with Crippen LogP contribution in [0.1, 0.15) is 44.7 Å². The van der Waals surface area contributed by atoms with Gasteiger partial charge in [-0.15, -0.1) is 0 Å². The van der Waals surface area contributed by atoms with E-state index in [0.717, 1.165) is 6.42 Å². The average Bonchev–Trinajstić information content (AvgIpc) is 2.14. The number of benzene rings is 1. The molecule has 0 aliphatic heterocycles. The maximum atomic E-state index is 2.28. The molecule has 0 fully saturated rings. The molecule has 0 atom stereocenters. The molecule has 1 rings (SSSR count). The van der Waals surface area contributed by atoms with Crippen LogP contribution in [0.15, 0.2) is 30.3 Å². The van der Waals surface area contributed by atoms with Crippen molar-refractivity contribution in [3.8, 4) is 0 Å². The normalized spacial score (nSPS) is 12.3. The monoisotopic (exact) mass is 202 g/mol. The SMILES string of the molecule is Cc1ccc(/C=C/CCC(C)(C)C)cc1. The minimum Gasteiger partial charge on any atom is -0.0839 e. The zero-order valence-corrected chi connectivity index (χ0v) is 10.4. The third-order valence-corrected chi connectivity index (χ3v) is 2.45. The number of allylic oxidation sites excluding steroid dienone is 1. The van der Waals surface area contributed by atoms with Crippen LogP contribution in [-0.2, 0) is 0 Å². The van der Waals surface area contributed by atoms with Crippen LogP contribution in [0.4, 0.5) is 0 Å². The van der Waals surface area contributed by atoms with Gasteiger partial charge in [-0.2, -0.15) is 0 Å². The van der Waals surface area contributed by atoms with Crippen LogP contribution in [0.5, 0.6) is 0 Å². The van der Waals surface area contributed by atoms with Gasteiger partial charge >= 0.3 is 0 Å². The fourth-order valence-electron chi connectivity index (χ4n) is 1.41. The van der Waals surface area contributed by atoms with E-state index in [1.165, 1.54) is 17.5 Å². The molecular weight excluding hydrogens is 180 g/mol. The summed E-state index contributed by atoms with van der Waals surface area (Å²) in [6.07, 6.45) is 6.90. The van der Waals surface area contributed by atoms with Gasteiger partial charge in [0.15, 0.2) is 0 Å². The topological polar surface area (TPSA) is 0 Å². The van der Waals surface area contributed by atoms with E-state index in [4.69, 9.17) is 0 Å². The molecular formula is C15H22. The molecule has 0 amide bonds. The Hall–Kier alpha value is -1.04. The number of rotatable bonds is 3. The Balaban J connectivity index is 2.42. The fourth-order valence-corrected chi connectivity index (χ4v) is 1.41. The first-order valence-electron chi connectivity index (χ1n) is 5.71. The second kappa shape index (κ2) is 5.16. The number of hydrogen-bond donors (Lipinski definition) is 0. The Morgan fingerprint density at radius 1 is 1.07 bits per heavy atom. The summed E-state index contributed by atoms with van der Waals surface area (Å²) in [5.74, 6) is 0. The van der Waals surface area contributed by atoms with Gasteiger partial charge in [0.25, 0.3) is 0 Å². The molecule has 0 heterocycles. The second-order valence-corrected chi connectivity index (χ2v) is 5.41. The predicted octanol–water partition coefficient (Wildman–Crippen LogP) is 4.83. The highest BCUT2D eigenvalue weighted by Crippen LogP contribution is 2.21. The minimum atomic E-state index is 0.442. The van der Waals surface area contributed by atoms with Crippen molar-refractivity contribution in [1.29, 1.82) is 0 Å². The molecule has 0 radical (unpaired) electrons. The van der Waals surface area contributed by atoms with E-state index < -0.39 is 0 Å². The van der Waals surface area contributed by atoms with Crippen LogP contribution >= 0.6 is 0 Å². The summed E-state index contributed by atoms with van der Waals surface area (Å²) >= 11 is 0. The Kier molecular flexibility index (Phi) is 4.14. The summed E-state index contributed by atoms with van der Waals surface area (Å²) < 4.78 is 0. The molecule has 0 spiro atoms. The highest BCUT2D eigenvalue weighted by molar-refractivity contribution is 5.49. The van der Waals surface area contributed by atoms with Crippen molar-refractivity contribution in [2.24, 2.45) is 5.41 Å². The summed E-state index contributed by atoms with van der Waals surface area (Å²) in [7, 11) is 0. The summed E-state index contributed by atoms with van der Waals surface area (Å²) in [6, 6.07) is 8.65. The van der Waals surface area contributed by atoms with Crippen molar-refractivity contribution >= 4 is 6.08 Å². The fraction of sp³-hybridized carbons (Fsp3) is 0.467. The molecule has 0 heteroatoms. The third kappa shape index (κ3) is 5.41. The molecule has 0 bridgehead atoms. The standard InChI is InChI=1S/C15H22/c1-13-8-10-14(11-9-13)7-5-6-12-15(2,3)4/h5,7-11H,6,12H2,1-4H3/b7-5+. The maximum Gasteiger partial charge on any atom is -0.0260 e. The van der Waals surface area contributed by atoms with E-state index in [0.29, 0.717) is 5.41 Å². The van der Waals surface area contributed by atoms with Gasteiger partial charge in [-0.05, 0) is 30.7 Å². The van der Waals surface area contributed by atoms with Crippen molar-refractivity contribution in [2.75, 3.05) is 0 Å². The first-order valence-corrected chi connectivity index (χ1v) is 5.71. The summed E-state index contributed by atoms with van der Waals surface area (Å²) in [5, 5.41) is 0. The van der Waals surface area contributed by atoms with Crippen LogP contribution in [0, 0.1) is 12.3 Å². The lowest BCUT2D eigenvalue weighted by Crippen LogP contribution is -2.02. The Morgan fingerprint density at radius 3 is 2.20 bits per heavy atom. The van der Waals surface area contributed by atoms with Gasteiger partial charge in [0, 0.05) is 0 Å². The van der Waals surface area contributed by atoms with Crippen molar-refractivity contribution in [3.05, 3.63) is 41.5 Å². The number of hydrogen-bond acceptors (Lipinski definition) is 0. The van der Waals surface area contributed by atoms with Crippen LogP contribution in [-0.4, -0.2) is 0 Å². The molecule has 15 heavy (non-hydrogen) atoms. The lowest BCUT2D eigenvalue weighted by Gasteiger charge is -2.15. The number of aryl methyl sites for hydroxylation is 1. The molecule has 0 N–H and O–H groups in total. The summed E-state index contributed by atoms with van der Waals surface area (Å²) in [5.41, 5.74) is 3.06. The molecule has 1 aromatic carbocycles. The molecule has 0 unspecified atom stereocenters. The minimum absolute atomic E-state index is 0.442. The molecule has 0 saturated carbocycles. The molecule has 1 aromatic rings. The van der Waals surface area contributed by atoms with Gasteiger partial charge in [0.2, 0.25) is 0 Å². The van der Waals surface area contributed by atoms with Crippen molar-refractivity contribution in [2.45, 2.75) is 40.5 Å². The third-order valence-electron chi connectivity index (χ3n) is 2.45. The molecule has 0 saturated heterocycles. The molecule has 82 valence electrons. The highest BCUT2D eigenvalue weighted by Gasteiger charge is 2.07. The highest BCUT2D eigenvalue weighted by atomic mass is 14.1. The summed E-state index contributed by atoms with van der Waals surface area (Å²) in [6.45, 7) is 8.97. The van der Waals surface area contributed by atoms with E-state index in [9.17, 15) is 0 Å². The van der Waals surface area contributed by atoms with Gasteiger partial charge in [-0.25, -0.2) is 0 Å². The van der Waals surface area contributed by atoms with E-state index in [-0.39, 0.29) is 0 Å². The van der Waals surface area contributed by atoms with E-state index in [1.807, 2.05) is 0 Å². The second-order valence-electron chi connectivity index (χ2n) is 5.41. The van der Waals surface area contributed by atoms with Crippen LogP contribution in [0.25, 0.3) is 6.08 Å². The molecule has 0 aliphatic carbocycles. The lowest BCUT2D eigenvalue weighted by molar-refractivity contribution is 0.382. The Bertz CT molecular complexity index is 309. The first kappa shape index (κ1) is 12.0. The van der Waals surface area contributed by atoms with Gasteiger partial charge in [-0.3, -0.25) is 0 Å². The van der Waals surface area contributed by atoms with Gasteiger partial charge in [-0.1, -0.05) is 62.8 Å². The molecule has 0 aliphatic rings. The van der Waals surface area contributed by atoms with Gasteiger partial charge in [0.05, 0.1) is 0 Å². The predicted molar refractivity (Wildman–Crippen MR) is 68.9 cm³/mol. The summed E-state index contributed by atoms with van der Waals surface area (Å²) in [4.78, 5) is 0. The zero-order valence-electron chi connectivity index (χ0n) is 10.4. The smallest absolute Gasteiger partial charge is 0.0260 e. The molecule has 0 nitrogen and oxygen atoms in total. The molecule has 0 aromatic heterocycles. The van der Waals surface area contributed by atoms with Crippen molar-refractivity contribution < 1.29 is 0 Å². The van der Waals surface area contributed by atoms with Crippen LogP contribution in [0.2, 0.25) is 0 Å². The van der Waals surface area contributed by atoms with Crippen molar-refractivity contribution in [3.63, 3.8) is 0 Å². The van der Waals surface area contributed by atoms with Gasteiger partial charge < -0.3 is 0 Å². The maximum absolute atomic E-state index is 2.28. The van der Waals surface area contributed by atoms with E-state index >= 15 is 0 Å². The lowest BCUT2D eigenvalue weighted by atomic mass is 9.90. The van der Waals surface area contributed by atoms with E-state index in [2.05, 4.69) is 64.1 Å². The average molecular weight is 202 g/mol.